The maximum atomic E-state index is 6.38. The van der Waals surface area contributed by atoms with Gasteiger partial charge in [-0.15, -0.1) is 0 Å². The highest BCUT2D eigenvalue weighted by molar-refractivity contribution is 6.09. The molecule has 1 aliphatic rings. The third-order valence-corrected chi connectivity index (χ3v) is 7.38. The lowest BCUT2D eigenvalue weighted by Gasteiger charge is -2.18. The molecule has 0 amide bonds. The molecule has 3 heterocycles. The van der Waals surface area contributed by atoms with E-state index in [4.69, 9.17) is 14.5 Å². The van der Waals surface area contributed by atoms with Gasteiger partial charge in [0.05, 0.1) is 17.1 Å². The molecule has 0 bridgehead atoms. The quantitative estimate of drug-likeness (QED) is 0.203. The van der Waals surface area contributed by atoms with Gasteiger partial charge in [-0.1, -0.05) is 57.0 Å². The Labute approximate surface area is 223 Å². The molecule has 6 rings (SSSR count). The van der Waals surface area contributed by atoms with Crippen molar-refractivity contribution >= 4 is 27.7 Å². The number of aliphatic imine (C=N–C) groups is 1. The molecule has 5 nitrogen and oxygen atoms in total. The third kappa shape index (κ3) is 4.65. The Balaban J connectivity index is 1.32. The number of nitrogens with zero attached hydrogens (tertiary/aromatic N) is 3. The largest absolute Gasteiger partial charge is 0.475 e. The first-order valence-corrected chi connectivity index (χ1v) is 13.7. The van der Waals surface area contributed by atoms with Crippen LogP contribution in [0.3, 0.4) is 0 Å². The van der Waals surface area contributed by atoms with Gasteiger partial charge in [0.15, 0.2) is 0 Å². The SMILES string of the molecule is CCCC(CCC)[C@@H]1COC(c2cccc(Oc3ccc4c5ccccc5n(-c5ccccn5)c4c3)c2)=N1. The van der Waals surface area contributed by atoms with Gasteiger partial charge in [-0.25, -0.2) is 9.98 Å². The van der Waals surface area contributed by atoms with Crippen LogP contribution in [0.2, 0.25) is 0 Å². The van der Waals surface area contributed by atoms with Crippen LogP contribution in [0.1, 0.15) is 45.1 Å². The summed E-state index contributed by atoms with van der Waals surface area (Å²) in [6, 6.07) is 29.0. The number of hydrogen-bond acceptors (Lipinski definition) is 4. The number of hydrogen-bond donors (Lipinski definition) is 0. The van der Waals surface area contributed by atoms with Gasteiger partial charge in [-0.2, -0.15) is 0 Å². The van der Waals surface area contributed by atoms with Crippen molar-refractivity contribution in [1.82, 2.24) is 9.55 Å². The Morgan fingerprint density at radius 2 is 1.63 bits per heavy atom. The highest BCUT2D eigenvalue weighted by atomic mass is 16.5. The van der Waals surface area contributed by atoms with Gasteiger partial charge in [0, 0.05) is 28.6 Å². The van der Waals surface area contributed by atoms with Crippen molar-refractivity contribution in [3.63, 3.8) is 0 Å². The molecule has 1 atom stereocenters. The molecule has 1 aliphatic heterocycles. The number of fused-ring (bicyclic) bond motifs is 3. The molecule has 0 saturated carbocycles. The lowest BCUT2D eigenvalue weighted by Crippen LogP contribution is -2.19. The second-order valence-corrected chi connectivity index (χ2v) is 10.00. The summed E-state index contributed by atoms with van der Waals surface area (Å²) in [5.41, 5.74) is 3.14. The van der Waals surface area contributed by atoms with Crippen molar-refractivity contribution in [2.45, 2.75) is 45.6 Å². The van der Waals surface area contributed by atoms with Crippen molar-refractivity contribution in [2.24, 2.45) is 10.9 Å². The van der Waals surface area contributed by atoms with E-state index in [1.165, 1.54) is 36.5 Å². The molecule has 0 saturated heterocycles. The number of benzene rings is 3. The summed E-state index contributed by atoms with van der Waals surface area (Å²) in [5, 5.41) is 2.36. The van der Waals surface area contributed by atoms with E-state index in [0.29, 0.717) is 12.5 Å². The Morgan fingerprint density at radius 3 is 2.45 bits per heavy atom. The highest BCUT2D eigenvalue weighted by Gasteiger charge is 2.27. The van der Waals surface area contributed by atoms with Crippen LogP contribution in [-0.2, 0) is 4.74 Å². The zero-order chi connectivity index (χ0) is 25.9. The first-order chi connectivity index (χ1) is 18.7. The normalized spacial score (nSPS) is 15.2. The molecule has 0 N–H and O–H groups in total. The first kappa shape index (κ1) is 24.2. The Morgan fingerprint density at radius 1 is 0.842 bits per heavy atom. The third-order valence-electron chi connectivity index (χ3n) is 7.38. The first-order valence-electron chi connectivity index (χ1n) is 13.7. The fraction of sp³-hybridized carbons (Fsp3) is 0.273. The number of ether oxygens (including phenoxy) is 2. The van der Waals surface area contributed by atoms with Crippen molar-refractivity contribution in [1.29, 1.82) is 0 Å². The zero-order valence-corrected chi connectivity index (χ0v) is 22.0. The van der Waals surface area contributed by atoms with E-state index in [9.17, 15) is 0 Å². The van der Waals surface area contributed by atoms with Gasteiger partial charge in [-0.05, 0) is 67.3 Å². The molecular formula is C33H33N3O2. The summed E-state index contributed by atoms with van der Waals surface area (Å²) in [6.45, 7) is 5.16. The lowest BCUT2D eigenvalue weighted by molar-refractivity contribution is 0.261. The summed E-state index contributed by atoms with van der Waals surface area (Å²) >= 11 is 0. The van der Waals surface area contributed by atoms with E-state index in [2.05, 4.69) is 59.8 Å². The molecule has 2 aromatic heterocycles. The van der Waals surface area contributed by atoms with Crippen molar-refractivity contribution in [2.75, 3.05) is 6.61 Å². The molecule has 0 aliphatic carbocycles. The molecule has 0 fully saturated rings. The second kappa shape index (κ2) is 10.7. The Bertz CT molecular complexity index is 1580. The Kier molecular flexibility index (Phi) is 6.82. The lowest BCUT2D eigenvalue weighted by atomic mass is 9.91. The van der Waals surface area contributed by atoms with Gasteiger partial charge in [0.2, 0.25) is 5.90 Å². The van der Waals surface area contributed by atoms with Gasteiger partial charge >= 0.3 is 0 Å². The predicted molar refractivity (Wildman–Crippen MR) is 155 cm³/mol. The summed E-state index contributed by atoms with van der Waals surface area (Å²) in [6.07, 6.45) is 6.57. The van der Waals surface area contributed by atoms with E-state index < -0.39 is 0 Å². The maximum absolute atomic E-state index is 6.38. The van der Waals surface area contributed by atoms with Crippen molar-refractivity contribution < 1.29 is 9.47 Å². The van der Waals surface area contributed by atoms with E-state index >= 15 is 0 Å². The van der Waals surface area contributed by atoms with Crippen molar-refractivity contribution in [3.8, 4) is 17.3 Å². The monoisotopic (exact) mass is 503 g/mol. The molecule has 0 unspecified atom stereocenters. The predicted octanol–water partition coefficient (Wildman–Crippen LogP) is 8.33. The minimum Gasteiger partial charge on any atom is -0.475 e. The maximum Gasteiger partial charge on any atom is 0.216 e. The summed E-state index contributed by atoms with van der Waals surface area (Å²) in [5.74, 6) is 3.72. The van der Waals surface area contributed by atoms with Gasteiger partial charge < -0.3 is 9.47 Å². The summed E-state index contributed by atoms with van der Waals surface area (Å²) in [4.78, 5) is 9.61. The van der Waals surface area contributed by atoms with Crippen molar-refractivity contribution in [3.05, 3.63) is 96.7 Å². The van der Waals surface area contributed by atoms with Crippen LogP contribution < -0.4 is 4.74 Å². The number of rotatable bonds is 9. The number of pyridine rings is 1. The molecule has 38 heavy (non-hydrogen) atoms. The average molecular weight is 504 g/mol. The van der Waals surface area contributed by atoms with E-state index in [1.54, 1.807) is 0 Å². The minimum absolute atomic E-state index is 0.241. The number of para-hydroxylation sites is 1. The van der Waals surface area contributed by atoms with E-state index in [0.717, 1.165) is 39.8 Å². The van der Waals surface area contributed by atoms with Crippen LogP contribution in [0.25, 0.3) is 27.6 Å². The summed E-state index contributed by atoms with van der Waals surface area (Å²) in [7, 11) is 0. The van der Waals surface area contributed by atoms with Crippen LogP contribution in [0.4, 0.5) is 0 Å². The molecule has 5 heteroatoms. The molecule has 5 aromatic rings. The van der Waals surface area contributed by atoms with Crippen LogP contribution in [0, 0.1) is 5.92 Å². The van der Waals surface area contributed by atoms with Crippen LogP contribution in [0.5, 0.6) is 11.5 Å². The highest BCUT2D eigenvalue weighted by Crippen LogP contribution is 2.35. The smallest absolute Gasteiger partial charge is 0.216 e. The number of aromatic nitrogens is 2. The van der Waals surface area contributed by atoms with Gasteiger partial charge in [0.1, 0.15) is 23.9 Å². The molecule has 0 spiro atoms. The van der Waals surface area contributed by atoms with E-state index in [-0.39, 0.29) is 6.04 Å². The zero-order valence-electron chi connectivity index (χ0n) is 22.0. The topological polar surface area (TPSA) is 48.6 Å². The minimum atomic E-state index is 0.241. The average Bonchev–Trinajstić information content (AvgIpc) is 3.57. The fourth-order valence-electron chi connectivity index (χ4n) is 5.63. The standard InChI is InChI=1S/C33H33N3O2/c1-3-10-23(11-4-2)29-22-37-33(35-29)24-12-9-13-25(20-24)38-26-17-18-28-27-14-5-6-15-30(27)36(31(28)21-26)32-16-7-8-19-34-32/h5-9,12-21,23,29H,3-4,10-11,22H2,1-2H3/t29-/m0/s1. The van der Waals surface area contributed by atoms with Crippen LogP contribution in [-0.4, -0.2) is 28.1 Å². The fourth-order valence-corrected chi connectivity index (χ4v) is 5.63. The summed E-state index contributed by atoms with van der Waals surface area (Å²) < 4.78 is 14.6. The second-order valence-electron chi connectivity index (χ2n) is 10.00. The molecule has 0 radical (unpaired) electrons. The van der Waals surface area contributed by atoms with Crippen LogP contribution in [0.15, 0.2) is 96.1 Å². The van der Waals surface area contributed by atoms with Gasteiger partial charge in [0.25, 0.3) is 0 Å². The van der Waals surface area contributed by atoms with Gasteiger partial charge in [-0.3, -0.25) is 4.57 Å². The molecular weight excluding hydrogens is 470 g/mol. The Hall–Kier alpha value is -4.12. The van der Waals surface area contributed by atoms with Crippen LogP contribution >= 0.6 is 0 Å². The molecule has 192 valence electrons. The van der Waals surface area contributed by atoms with E-state index in [1.807, 2.05) is 54.7 Å². The molecule has 3 aromatic carbocycles.